The number of ether oxygens (including phenoxy) is 2. The van der Waals surface area contributed by atoms with Crippen LogP contribution in [0.2, 0.25) is 0 Å². The van der Waals surface area contributed by atoms with Gasteiger partial charge in [0.1, 0.15) is 0 Å². The molecule has 0 spiro atoms. The molecule has 0 bridgehead atoms. The average molecular weight is 593 g/mol. The number of allylic oxidation sites excluding steroid dienone is 1. The molecule has 3 nitrogen and oxygen atoms in total. The highest BCUT2D eigenvalue weighted by Crippen LogP contribution is 2.67. The summed E-state index contributed by atoms with van der Waals surface area (Å²) in [5.74, 6) is 3.05. The zero-order valence-corrected chi connectivity index (χ0v) is 27.7. The summed E-state index contributed by atoms with van der Waals surface area (Å²) in [6.07, 6.45) is 20.7. The molecule has 42 heavy (non-hydrogen) atoms. The highest BCUT2D eigenvalue weighted by atomic mass is 32.2. The van der Waals surface area contributed by atoms with E-state index in [9.17, 15) is 5.11 Å². The van der Waals surface area contributed by atoms with Crippen LogP contribution in [0.3, 0.4) is 0 Å². The SMILES string of the molecule is CC(C)[C@H](/C=C/[C@](C)(O)[C@H]1CC[C@H]2[C@@H]3CC=C4C[C@@H](OC5CCCCO5)CC[C@]4(C)[C@H]3CC[C@@]21C)Sc1ccccc1. The Morgan fingerprint density at radius 1 is 1.02 bits per heavy atom. The lowest BCUT2D eigenvalue weighted by Gasteiger charge is -2.59. The molecule has 10 atom stereocenters. The molecule has 0 radical (unpaired) electrons. The molecule has 1 heterocycles. The lowest BCUT2D eigenvalue weighted by molar-refractivity contribution is -0.195. The number of rotatable bonds is 8. The van der Waals surface area contributed by atoms with Crippen molar-refractivity contribution in [3.8, 4) is 0 Å². The van der Waals surface area contributed by atoms with E-state index in [0.29, 0.717) is 34.5 Å². The van der Waals surface area contributed by atoms with Crippen molar-refractivity contribution in [2.45, 2.75) is 133 Å². The Morgan fingerprint density at radius 2 is 1.83 bits per heavy atom. The van der Waals surface area contributed by atoms with Gasteiger partial charge in [-0.05, 0) is 130 Å². The van der Waals surface area contributed by atoms with Crippen LogP contribution in [0, 0.1) is 40.4 Å². The zero-order valence-electron chi connectivity index (χ0n) is 26.9. The van der Waals surface area contributed by atoms with Gasteiger partial charge in [0.25, 0.3) is 0 Å². The van der Waals surface area contributed by atoms with E-state index < -0.39 is 5.60 Å². The molecule has 1 aromatic rings. The molecule has 0 aromatic heterocycles. The third kappa shape index (κ3) is 5.96. The molecule has 1 aliphatic heterocycles. The first-order valence-corrected chi connectivity index (χ1v) is 18.1. The van der Waals surface area contributed by atoms with E-state index >= 15 is 0 Å². The van der Waals surface area contributed by atoms with E-state index in [2.05, 4.69) is 83.2 Å². The van der Waals surface area contributed by atoms with Gasteiger partial charge in [-0.2, -0.15) is 0 Å². The third-order valence-corrected chi connectivity index (χ3v) is 14.1. The normalized spacial score (nSPS) is 40.6. The van der Waals surface area contributed by atoms with Gasteiger partial charge in [0.2, 0.25) is 0 Å². The highest BCUT2D eigenvalue weighted by Gasteiger charge is 2.61. The minimum Gasteiger partial charge on any atom is -0.386 e. The van der Waals surface area contributed by atoms with Gasteiger partial charge < -0.3 is 14.6 Å². The molecule has 6 rings (SSSR count). The van der Waals surface area contributed by atoms with Gasteiger partial charge in [-0.25, -0.2) is 0 Å². The number of hydrogen-bond donors (Lipinski definition) is 1. The molecule has 1 saturated heterocycles. The summed E-state index contributed by atoms with van der Waals surface area (Å²) in [5, 5.41) is 12.4. The number of thioether (sulfide) groups is 1. The molecule has 232 valence electrons. The van der Waals surface area contributed by atoms with Crippen LogP contribution in [0.25, 0.3) is 0 Å². The summed E-state index contributed by atoms with van der Waals surface area (Å²) in [6, 6.07) is 10.7. The minimum absolute atomic E-state index is 0.0189. The van der Waals surface area contributed by atoms with Crippen LogP contribution in [-0.2, 0) is 9.47 Å². The van der Waals surface area contributed by atoms with Crippen LogP contribution in [0.15, 0.2) is 59.0 Å². The van der Waals surface area contributed by atoms with Gasteiger partial charge in [0.15, 0.2) is 6.29 Å². The van der Waals surface area contributed by atoms with E-state index in [1.807, 2.05) is 11.8 Å². The molecule has 4 fully saturated rings. The molecule has 1 N–H and O–H groups in total. The van der Waals surface area contributed by atoms with Gasteiger partial charge in [0.05, 0.1) is 11.7 Å². The molecule has 4 aliphatic carbocycles. The number of benzene rings is 1. The topological polar surface area (TPSA) is 38.7 Å². The van der Waals surface area contributed by atoms with Crippen molar-refractivity contribution in [2.24, 2.45) is 40.4 Å². The lowest BCUT2D eigenvalue weighted by Crippen LogP contribution is -2.53. The largest absolute Gasteiger partial charge is 0.386 e. The first-order valence-electron chi connectivity index (χ1n) is 17.2. The van der Waals surface area contributed by atoms with Gasteiger partial charge in [0, 0.05) is 16.8 Å². The monoisotopic (exact) mass is 592 g/mol. The molecular weight excluding hydrogens is 536 g/mol. The minimum atomic E-state index is -0.781. The molecule has 5 aliphatic rings. The summed E-state index contributed by atoms with van der Waals surface area (Å²) in [5.41, 5.74) is 1.42. The van der Waals surface area contributed by atoms with Crippen LogP contribution in [0.1, 0.15) is 105 Å². The van der Waals surface area contributed by atoms with E-state index in [-0.39, 0.29) is 11.7 Å². The molecular formula is C38H56O3S. The fourth-order valence-electron chi connectivity index (χ4n) is 10.2. The fraction of sp³-hybridized carbons (Fsp3) is 0.737. The molecule has 0 amide bonds. The standard InChI is InChI=1S/C38H56O3S/c1-26(2)33(42-29-11-7-6-8-12-29)20-23-38(5,39)34-17-16-31-30-15-14-27-25-28(41-35-13-9-10-24-40-35)18-21-36(27,3)32(30)19-22-37(31,34)4/h6-8,11-12,14,20,23,26,28,30-35,39H,9-10,13,15-19,21-22,24-25H2,1-5H3/b23-20+/t28-,30-,31-,32-,33-,34-,35?,36-,37-,38-/m0/s1. The van der Waals surface area contributed by atoms with Gasteiger partial charge >= 0.3 is 0 Å². The Morgan fingerprint density at radius 3 is 2.57 bits per heavy atom. The van der Waals surface area contributed by atoms with Crippen molar-refractivity contribution in [1.29, 1.82) is 0 Å². The zero-order chi connectivity index (χ0) is 29.5. The summed E-state index contributed by atoms with van der Waals surface area (Å²) in [7, 11) is 0. The third-order valence-electron chi connectivity index (χ3n) is 12.5. The summed E-state index contributed by atoms with van der Waals surface area (Å²) >= 11 is 1.92. The summed E-state index contributed by atoms with van der Waals surface area (Å²) in [4.78, 5) is 1.30. The molecule has 3 saturated carbocycles. The van der Waals surface area contributed by atoms with Crippen molar-refractivity contribution in [3.05, 3.63) is 54.1 Å². The van der Waals surface area contributed by atoms with Crippen LogP contribution >= 0.6 is 11.8 Å². The average Bonchev–Trinajstić information content (AvgIpc) is 3.35. The Kier molecular flexibility index (Phi) is 9.11. The van der Waals surface area contributed by atoms with Gasteiger partial charge in [-0.3, -0.25) is 0 Å². The number of hydrogen-bond acceptors (Lipinski definition) is 4. The fourth-order valence-corrected chi connectivity index (χ4v) is 11.3. The van der Waals surface area contributed by atoms with Gasteiger partial charge in [-0.1, -0.05) is 69.7 Å². The maximum Gasteiger partial charge on any atom is 0.157 e. The predicted octanol–water partition coefficient (Wildman–Crippen LogP) is 9.60. The molecule has 4 heteroatoms. The number of aliphatic hydroxyl groups is 1. The Hall–Kier alpha value is -1.07. The first kappa shape index (κ1) is 30.9. The van der Waals surface area contributed by atoms with Crippen molar-refractivity contribution >= 4 is 11.8 Å². The van der Waals surface area contributed by atoms with E-state index in [1.54, 1.807) is 5.57 Å². The Balaban J connectivity index is 1.14. The van der Waals surface area contributed by atoms with Crippen LogP contribution < -0.4 is 0 Å². The van der Waals surface area contributed by atoms with Gasteiger partial charge in [-0.15, -0.1) is 11.8 Å². The van der Waals surface area contributed by atoms with E-state index in [1.165, 1.54) is 56.3 Å². The Bertz CT molecular complexity index is 1120. The van der Waals surface area contributed by atoms with E-state index in [4.69, 9.17) is 9.47 Å². The summed E-state index contributed by atoms with van der Waals surface area (Å²) < 4.78 is 12.4. The highest BCUT2D eigenvalue weighted by molar-refractivity contribution is 8.00. The smallest absolute Gasteiger partial charge is 0.157 e. The molecule has 1 unspecified atom stereocenters. The quantitative estimate of drug-likeness (QED) is 0.241. The van der Waals surface area contributed by atoms with E-state index in [0.717, 1.165) is 37.7 Å². The maximum absolute atomic E-state index is 12.1. The van der Waals surface area contributed by atoms with Crippen molar-refractivity contribution in [1.82, 2.24) is 0 Å². The lowest BCUT2D eigenvalue weighted by atomic mass is 9.46. The Labute approximate surface area is 260 Å². The second-order valence-corrected chi connectivity index (χ2v) is 16.7. The molecule has 1 aromatic carbocycles. The van der Waals surface area contributed by atoms with Crippen molar-refractivity contribution in [2.75, 3.05) is 6.61 Å². The first-order chi connectivity index (χ1) is 20.1. The van der Waals surface area contributed by atoms with Crippen molar-refractivity contribution in [3.63, 3.8) is 0 Å². The maximum atomic E-state index is 12.1. The second-order valence-electron chi connectivity index (χ2n) is 15.5. The van der Waals surface area contributed by atoms with Crippen molar-refractivity contribution < 1.29 is 14.6 Å². The second kappa shape index (κ2) is 12.4. The number of fused-ring (bicyclic) bond motifs is 5. The van der Waals surface area contributed by atoms with Crippen LogP contribution in [0.4, 0.5) is 0 Å². The summed E-state index contributed by atoms with van der Waals surface area (Å²) in [6.45, 7) is 12.7. The van der Waals surface area contributed by atoms with Crippen LogP contribution in [0.5, 0.6) is 0 Å². The van der Waals surface area contributed by atoms with Crippen LogP contribution in [-0.4, -0.2) is 35.0 Å². The predicted molar refractivity (Wildman–Crippen MR) is 174 cm³/mol.